The van der Waals surface area contributed by atoms with Crippen LogP contribution in [0.25, 0.3) is 0 Å². The number of hydrogen-bond acceptors (Lipinski definition) is 2. The highest BCUT2D eigenvalue weighted by Crippen LogP contribution is 2.57. The zero-order valence-corrected chi connectivity index (χ0v) is 18.5. The van der Waals surface area contributed by atoms with Gasteiger partial charge in [0.25, 0.3) is 0 Å². The van der Waals surface area contributed by atoms with Crippen molar-refractivity contribution in [2.24, 2.45) is 34.5 Å². The lowest BCUT2D eigenvalue weighted by molar-refractivity contribution is 0.0273. The van der Waals surface area contributed by atoms with Crippen molar-refractivity contribution in [2.75, 3.05) is 0 Å². The molecule has 2 heteroatoms. The van der Waals surface area contributed by atoms with E-state index in [2.05, 4.69) is 26.0 Å². The Labute approximate surface area is 174 Å². The van der Waals surface area contributed by atoms with Crippen LogP contribution in [0.1, 0.15) is 117 Å². The Bertz CT molecular complexity index is 504. The summed E-state index contributed by atoms with van der Waals surface area (Å²) in [6.45, 7) is 4.59. The maximum Gasteiger partial charge on any atom is 0.0692 e. The van der Waals surface area contributed by atoms with Gasteiger partial charge in [-0.2, -0.15) is 10.5 Å². The Morgan fingerprint density at radius 2 is 0.929 bits per heavy atom. The number of nitrogens with zero attached hydrogens (tertiary/aromatic N) is 2. The summed E-state index contributed by atoms with van der Waals surface area (Å²) in [5.74, 6) is 2.97. The summed E-state index contributed by atoms with van der Waals surface area (Å²) in [6.07, 6.45) is 19.6. The van der Waals surface area contributed by atoms with Gasteiger partial charge in [0.2, 0.25) is 0 Å². The Kier molecular flexibility index (Phi) is 7.48. The number of nitriles is 2. The highest BCUT2D eigenvalue weighted by atomic mass is 14.6. The molecule has 156 valence electrons. The van der Waals surface area contributed by atoms with Crippen LogP contribution in [0, 0.1) is 57.2 Å². The maximum atomic E-state index is 10.2. The largest absolute Gasteiger partial charge is 0.198 e. The van der Waals surface area contributed by atoms with Gasteiger partial charge in [-0.1, -0.05) is 65.2 Å². The lowest BCUT2D eigenvalue weighted by Crippen LogP contribution is -2.43. The second-order valence-corrected chi connectivity index (χ2v) is 10.5. The van der Waals surface area contributed by atoms with Gasteiger partial charge in [-0.25, -0.2) is 0 Å². The van der Waals surface area contributed by atoms with Gasteiger partial charge in [-0.15, -0.1) is 0 Å². The Morgan fingerprint density at radius 1 is 0.607 bits per heavy atom. The van der Waals surface area contributed by atoms with Crippen LogP contribution in [0.5, 0.6) is 0 Å². The normalized spacial score (nSPS) is 41.7. The van der Waals surface area contributed by atoms with E-state index in [-0.39, 0.29) is 10.8 Å². The van der Waals surface area contributed by atoms with Gasteiger partial charge in [0.05, 0.1) is 23.0 Å². The van der Waals surface area contributed by atoms with E-state index in [0.717, 1.165) is 37.5 Å². The number of hydrogen-bond donors (Lipinski definition) is 0. The van der Waals surface area contributed by atoms with Gasteiger partial charge in [0, 0.05) is 0 Å². The molecular weight excluding hydrogens is 340 g/mol. The molecular formula is C26H42N2. The first-order chi connectivity index (χ1) is 13.6. The van der Waals surface area contributed by atoms with Crippen LogP contribution in [0.15, 0.2) is 0 Å². The first-order valence-electron chi connectivity index (χ1n) is 12.4. The van der Waals surface area contributed by atoms with Gasteiger partial charge in [-0.05, 0) is 75.0 Å². The average molecular weight is 383 g/mol. The quantitative estimate of drug-likeness (QED) is 0.470. The molecule has 3 saturated carbocycles. The minimum absolute atomic E-state index is 0.128. The summed E-state index contributed by atoms with van der Waals surface area (Å²) in [5, 5.41) is 20.4. The summed E-state index contributed by atoms with van der Waals surface area (Å²) >= 11 is 0. The monoisotopic (exact) mass is 382 g/mol. The lowest BCUT2D eigenvalue weighted by atomic mass is 9.53. The summed E-state index contributed by atoms with van der Waals surface area (Å²) in [7, 11) is 0. The minimum atomic E-state index is -0.128. The molecule has 0 saturated heterocycles. The van der Waals surface area contributed by atoms with Crippen molar-refractivity contribution in [1.82, 2.24) is 0 Å². The molecule has 0 bridgehead atoms. The predicted molar refractivity (Wildman–Crippen MR) is 115 cm³/mol. The van der Waals surface area contributed by atoms with E-state index in [1.54, 1.807) is 0 Å². The van der Waals surface area contributed by atoms with Gasteiger partial charge in [0.15, 0.2) is 0 Å². The van der Waals surface area contributed by atoms with Crippen molar-refractivity contribution in [3.05, 3.63) is 0 Å². The fourth-order valence-electron chi connectivity index (χ4n) is 7.19. The topological polar surface area (TPSA) is 47.6 Å². The second kappa shape index (κ2) is 9.65. The van der Waals surface area contributed by atoms with Gasteiger partial charge in [-0.3, -0.25) is 0 Å². The molecule has 0 unspecified atom stereocenters. The first kappa shape index (κ1) is 21.7. The Balaban J connectivity index is 1.60. The van der Waals surface area contributed by atoms with Crippen LogP contribution in [0.4, 0.5) is 0 Å². The Hall–Kier alpha value is -1.02. The van der Waals surface area contributed by atoms with Crippen molar-refractivity contribution in [3.63, 3.8) is 0 Å². The molecule has 3 fully saturated rings. The fraction of sp³-hybridized carbons (Fsp3) is 0.923. The SMILES string of the molecule is CCCC1CCC([C@]2(C#N)CC[C@@](C#N)(C3CCC(CCC)CC3)CC2)CC1. The van der Waals surface area contributed by atoms with E-state index in [1.165, 1.54) is 77.0 Å². The Morgan fingerprint density at radius 3 is 1.18 bits per heavy atom. The van der Waals surface area contributed by atoms with E-state index in [0.29, 0.717) is 11.8 Å². The first-order valence-corrected chi connectivity index (χ1v) is 12.4. The van der Waals surface area contributed by atoms with Crippen molar-refractivity contribution >= 4 is 0 Å². The van der Waals surface area contributed by atoms with E-state index in [9.17, 15) is 10.5 Å². The van der Waals surface area contributed by atoms with Crippen LogP contribution in [0.3, 0.4) is 0 Å². The van der Waals surface area contributed by atoms with Crippen LogP contribution >= 0.6 is 0 Å². The van der Waals surface area contributed by atoms with Crippen LogP contribution in [-0.2, 0) is 0 Å². The van der Waals surface area contributed by atoms with Gasteiger partial charge in [0.1, 0.15) is 0 Å². The van der Waals surface area contributed by atoms with E-state index in [1.807, 2.05) is 0 Å². The van der Waals surface area contributed by atoms with Crippen molar-refractivity contribution in [2.45, 2.75) is 117 Å². The lowest BCUT2D eigenvalue weighted by Gasteiger charge is -2.49. The average Bonchev–Trinajstić information content (AvgIpc) is 2.75. The molecule has 0 radical (unpaired) electrons. The smallest absolute Gasteiger partial charge is 0.0692 e. The highest BCUT2D eigenvalue weighted by molar-refractivity contribution is 5.14. The minimum Gasteiger partial charge on any atom is -0.198 e. The molecule has 2 nitrogen and oxygen atoms in total. The van der Waals surface area contributed by atoms with Crippen LogP contribution in [-0.4, -0.2) is 0 Å². The fourth-order valence-corrected chi connectivity index (χ4v) is 7.19. The van der Waals surface area contributed by atoms with Crippen molar-refractivity contribution < 1.29 is 0 Å². The molecule has 3 rings (SSSR count). The third-order valence-corrected chi connectivity index (χ3v) is 9.13. The third-order valence-electron chi connectivity index (χ3n) is 9.13. The maximum absolute atomic E-state index is 10.2. The molecule has 0 amide bonds. The predicted octanol–water partition coefficient (Wildman–Crippen LogP) is 7.79. The molecule has 0 aliphatic heterocycles. The molecule has 0 N–H and O–H groups in total. The van der Waals surface area contributed by atoms with E-state index < -0.39 is 0 Å². The number of rotatable bonds is 6. The van der Waals surface area contributed by atoms with Crippen molar-refractivity contribution in [1.29, 1.82) is 10.5 Å². The molecule has 0 spiro atoms. The molecule has 0 heterocycles. The van der Waals surface area contributed by atoms with Gasteiger partial charge >= 0.3 is 0 Å². The van der Waals surface area contributed by atoms with Crippen LogP contribution in [0.2, 0.25) is 0 Å². The summed E-state index contributed by atoms with van der Waals surface area (Å²) in [6, 6.07) is 5.63. The third kappa shape index (κ3) is 4.42. The molecule has 3 aliphatic carbocycles. The molecule has 0 aromatic heterocycles. The van der Waals surface area contributed by atoms with E-state index >= 15 is 0 Å². The van der Waals surface area contributed by atoms with E-state index in [4.69, 9.17) is 0 Å². The zero-order valence-electron chi connectivity index (χ0n) is 18.5. The second-order valence-electron chi connectivity index (χ2n) is 10.5. The van der Waals surface area contributed by atoms with Gasteiger partial charge < -0.3 is 0 Å². The summed E-state index contributed by atoms with van der Waals surface area (Å²) < 4.78 is 0. The van der Waals surface area contributed by atoms with Crippen LogP contribution < -0.4 is 0 Å². The highest BCUT2D eigenvalue weighted by Gasteiger charge is 2.51. The zero-order chi connectivity index (χ0) is 20.0. The standard InChI is InChI=1S/C26H42N2/c1-3-5-21-7-11-23(12-8-21)25(19-27)15-17-26(20-28,18-16-25)24-13-9-22(6-4-2)10-14-24/h21-24H,3-18H2,1-2H3/t21?,22?,23?,24?,25-,26-. The molecule has 3 aliphatic rings. The summed E-state index contributed by atoms with van der Waals surface area (Å²) in [5.41, 5.74) is -0.256. The van der Waals surface area contributed by atoms with Crippen molar-refractivity contribution in [3.8, 4) is 12.1 Å². The molecule has 0 aromatic rings. The molecule has 0 aromatic carbocycles. The molecule has 28 heavy (non-hydrogen) atoms. The summed E-state index contributed by atoms with van der Waals surface area (Å²) in [4.78, 5) is 0. The molecule has 0 atom stereocenters.